The van der Waals surface area contributed by atoms with Gasteiger partial charge in [0, 0.05) is 24.3 Å². The van der Waals surface area contributed by atoms with Gasteiger partial charge in [-0.05, 0) is 56.1 Å². The largest absolute Gasteiger partial charge is 0.337 e. The number of carbonyl (C=O) groups is 1. The van der Waals surface area contributed by atoms with Crippen molar-refractivity contribution >= 4 is 17.5 Å². The van der Waals surface area contributed by atoms with Crippen molar-refractivity contribution in [1.29, 1.82) is 0 Å². The van der Waals surface area contributed by atoms with Crippen molar-refractivity contribution < 1.29 is 4.79 Å². The van der Waals surface area contributed by atoms with Gasteiger partial charge in [0.2, 0.25) is 0 Å². The second-order valence-corrected chi connectivity index (χ2v) is 6.61. The highest BCUT2D eigenvalue weighted by atomic mass is 35.5. The minimum Gasteiger partial charge on any atom is -0.337 e. The average molecular weight is 347 g/mol. The number of hydrogen-bond acceptors (Lipinski definition) is 3. The number of piperidine rings is 1. The van der Waals surface area contributed by atoms with E-state index >= 15 is 0 Å². The van der Waals surface area contributed by atoms with E-state index in [9.17, 15) is 4.79 Å². The number of halogens is 1. The highest BCUT2D eigenvalue weighted by Gasteiger charge is 2.24. The predicted molar refractivity (Wildman–Crippen MR) is 95.7 cm³/mol. The lowest BCUT2D eigenvalue weighted by molar-refractivity contribution is 0.0684. The minimum absolute atomic E-state index is 0.0117. The molecule has 2 heterocycles. The predicted octanol–water partition coefficient (Wildman–Crippen LogP) is 2.99. The molecule has 0 unspecified atom stereocenters. The Morgan fingerprint density at radius 2 is 2.12 bits per heavy atom. The van der Waals surface area contributed by atoms with Gasteiger partial charge < -0.3 is 10.2 Å². The van der Waals surface area contributed by atoms with Crippen LogP contribution in [0.4, 0.5) is 0 Å². The maximum Gasteiger partial charge on any atom is 0.274 e. The molecule has 1 fully saturated rings. The van der Waals surface area contributed by atoms with Crippen molar-refractivity contribution in [1.82, 2.24) is 20.0 Å². The number of carbonyl (C=O) groups excluding carboxylic acids is 1. The van der Waals surface area contributed by atoms with Crippen molar-refractivity contribution in [3.8, 4) is 5.69 Å². The smallest absolute Gasteiger partial charge is 0.274 e. The summed E-state index contributed by atoms with van der Waals surface area (Å²) in [5.41, 5.74) is 1.34. The van der Waals surface area contributed by atoms with Crippen LogP contribution in [0.5, 0.6) is 0 Å². The van der Waals surface area contributed by atoms with Crippen LogP contribution < -0.4 is 5.32 Å². The van der Waals surface area contributed by atoms with Crippen molar-refractivity contribution in [3.05, 3.63) is 47.2 Å². The standard InChI is InChI=1S/C18H23ClN4O/c1-2-20-13-14-6-9-22(10-7-14)18(24)17-8-11-23(21-17)16-5-3-4-15(19)12-16/h3-5,8,11-12,14,20H,2,6-7,9-10,13H2,1H3. The lowest BCUT2D eigenvalue weighted by Crippen LogP contribution is -2.41. The zero-order chi connectivity index (χ0) is 16.9. The number of rotatable bonds is 5. The van der Waals surface area contributed by atoms with Gasteiger partial charge in [0.1, 0.15) is 0 Å². The van der Waals surface area contributed by atoms with Crippen LogP contribution in [0, 0.1) is 5.92 Å². The number of hydrogen-bond donors (Lipinski definition) is 1. The normalized spacial score (nSPS) is 15.7. The van der Waals surface area contributed by atoms with E-state index in [0.29, 0.717) is 16.6 Å². The summed E-state index contributed by atoms with van der Waals surface area (Å²) in [6.45, 7) is 5.77. The van der Waals surface area contributed by atoms with Crippen molar-refractivity contribution in [3.63, 3.8) is 0 Å². The second kappa shape index (κ2) is 7.81. The molecule has 0 aliphatic carbocycles. The first-order valence-corrected chi connectivity index (χ1v) is 8.86. The maximum absolute atomic E-state index is 12.6. The average Bonchev–Trinajstić information content (AvgIpc) is 3.10. The fraction of sp³-hybridized carbons (Fsp3) is 0.444. The molecule has 1 aliphatic heterocycles. The minimum atomic E-state index is 0.0117. The van der Waals surface area contributed by atoms with Gasteiger partial charge in [-0.25, -0.2) is 4.68 Å². The van der Waals surface area contributed by atoms with Crippen LogP contribution in [0.25, 0.3) is 5.69 Å². The zero-order valence-electron chi connectivity index (χ0n) is 13.9. The molecule has 2 aromatic rings. The topological polar surface area (TPSA) is 50.2 Å². The number of likely N-dealkylation sites (tertiary alicyclic amines) is 1. The number of benzene rings is 1. The summed E-state index contributed by atoms with van der Waals surface area (Å²) in [6.07, 6.45) is 3.90. The van der Waals surface area contributed by atoms with Crippen LogP contribution >= 0.6 is 11.6 Å². The summed E-state index contributed by atoms with van der Waals surface area (Å²) in [6, 6.07) is 9.20. The summed E-state index contributed by atoms with van der Waals surface area (Å²) in [4.78, 5) is 14.6. The number of aromatic nitrogens is 2. The van der Waals surface area contributed by atoms with Crippen molar-refractivity contribution in [2.24, 2.45) is 5.92 Å². The van der Waals surface area contributed by atoms with E-state index in [1.807, 2.05) is 29.2 Å². The molecular formula is C18H23ClN4O. The highest BCUT2D eigenvalue weighted by molar-refractivity contribution is 6.30. The molecule has 5 nitrogen and oxygen atoms in total. The molecule has 1 N–H and O–H groups in total. The molecule has 0 saturated carbocycles. The van der Waals surface area contributed by atoms with Gasteiger partial charge in [-0.1, -0.05) is 24.6 Å². The van der Waals surface area contributed by atoms with Gasteiger partial charge in [-0.3, -0.25) is 4.79 Å². The fourth-order valence-electron chi connectivity index (χ4n) is 3.05. The van der Waals surface area contributed by atoms with Gasteiger partial charge >= 0.3 is 0 Å². The number of nitrogens with one attached hydrogen (secondary N) is 1. The molecule has 6 heteroatoms. The first kappa shape index (κ1) is 17.0. The Bertz CT molecular complexity index is 692. The molecule has 0 atom stereocenters. The van der Waals surface area contributed by atoms with E-state index in [1.54, 1.807) is 16.9 Å². The van der Waals surface area contributed by atoms with Crippen LogP contribution in [-0.2, 0) is 0 Å². The molecule has 0 bridgehead atoms. The van der Waals surface area contributed by atoms with Crippen LogP contribution in [-0.4, -0.2) is 46.8 Å². The SMILES string of the molecule is CCNCC1CCN(C(=O)c2ccn(-c3cccc(Cl)c3)n2)CC1. The molecule has 24 heavy (non-hydrogen) atoms. The van der Waals surface area contributed by atoms with Crippen LogP contribution in [0.3, 0.4) is 0 Å². The zero-order valence-corrected chi connectivity index (χ0v) is 14.7. The third kappa shape index (κ3) is 3.97. The number of amides is 1. The van der Waals surface area contributed by atoms with Gasteiger partial charge in [-0.15, -0.1) is 0 Å². The number of nitrogens with zero attached hydrogens (tertiary/aromatic N) is 3. The molecular weight excluding hydrogens is 324 g/mol. The molecule has 1 aromatic carbocycles. The first-order chi connectivity index (χ1) is 11.7. The monoisotopic (exact) mass is 346 g/mol. The molecule has 128 valence electrons. The summed E-state index contributed by atoms with van der Waals surface area (Å²) >= 11 is 6.01. The third-order valence-corrected chi connectivity index (χ3v) is 4.70. The Labute approximate surface area is 147 Å². The Morgan fingerprint density at radius 1 is 1.33 bits per heavy atom. The quantitative estimate of drug-likeness (QED) is 0.905. The Hall–Kier alpha value is -1.85. The lowest BCUT2D eigenvalue weighted by atomic mass is 9.96. The molecule has 1 aromatic heterocycles. The summed E-state index contributed by atoms with van der Waals surface area (Å²) in [5.74, 6) is 0.677. The Morgan fingerprint density at radius 3 is 2.83 bits per heavy atom. The lowest BCUT2D eigenvalue weighted by Gasteiger charge is -2.31. The van der Waals surface area contributed by atoms with Crippen LogP contribution in [0.15, 0.2) is 36.5 Å². The van der Waals surface area contributed by atoms with Crippen molar-refractivity contribution in [2.75, 3.05) is 26.2 Å². The van der Waals surface area contributed by atoms with Crippen LogP contribution in [0.1, 0.15) is 30.3 Å². The first-order valence-electron chi connectivity index (χ1n) is 8.49. The van der Waals surface area contributed by atoms with E-state index in [-0.39, 0.29) is 5.91 Å². The molecule has 3 rings (SSSR count). The Kier molecular flexibility index (Phi) is 5.53. The highest BCUT2D eigenvalue weighted by Crippen LogP contribution is 2.19. The Balaban J connectivity index is 1.62. The summed E-state index contributed by atoms with van der Waals surface area (Å²) < 4.78 is 1.69. The van der Waals surface area contributed by atoms with Gasteiger partial charge in [0.15, 0.2) is 5.69 Å². The van der Waals surface area contributed by atoms with E-state index in [4.69, 9.17) is 11.6 Å². The van der Waals surface area contributed by atoms with Gasteiger partial charge in [-0.2, -0.15) is 5.10 Å². The third-order valence-electron chi connectivity index (χ3n) is 4.47. The van der Waals surface area contributed by atoms with E-state index in [2.05, 4.69) is 17.3 Å². The van der Waals surface area contributed by atoms with Gasteiger partial charge in [0.25, 0.3) is 5.91 Å². The summed E-state index contributed by atoms with van der Waals surface area (Å²) in [7, 11) is 0. The second-order valence-electron chi connectivity index (χ2n) is 6.17. The van der Waals surface area contributed by atoms with Crippen LogP contribution in [0.2, 0.25) is 5.02 Å². The molecule has 0 spiro atoms. The van der Waals surface area contributed by atoms with E-state index in [1.165, 1.54) is 0 Å². The summed E-state index contributed by atoms with van der Waals surface area (Å²) in [5, 5.41) is 8.46. The molecule has 1 amide bonds. The van der Waals surface area contributed by atoms with E-state index in [0.717, 1.165) is 44.7 Å². The van der Waals surface area contributed by atoms with Gasteiger partial charge in [0.05, 0.1) is 5.69 Å². The fourth-order valence-corrected chi connectivity index (χ4v) is 3.24. The molecule has 1 saturated heterocycles. The van der Waals surface area contributed by atoms with E-state index < -0.39 is 0 Å². The van der Waals surface area contributed by atoms with Crippen molar-refractivity contribution in [2.45, 2.75) is 19.8 Å². The molecule has 0 radical (unpaired) electrons. The maximum atomic E-state index is 12.6. The molecule has 1 aliphatic rings.